The summed E-state index contributed by atoms with van der Waals surface area (Å²) in [6.45, 7) is 3.95. The molecule has 1 N–H and O–H groups in total. The highest BCUT2D eigenvalue weighted by Gasteiger charge is 1.87. The van der Waals surface area contributed by atoms with Gasteiger partial charge >= 0.3 is 0 Å². The molecule has 0 heterocycles. The van der Waals surface area contributed by atoms with Gasteiger partial charge in [-0.05, 0) is 25.8 Å². The second-order valence-corrected chi connectivity index (χ2v) is 3.05. The van der Waals surface area contributed by atoms with E-state index < -0.39 is 0 Å². The van der Waals surface area contributed by atoms with Crippen LogP contribution in [0.2, 0.25) is 0 Å². The zero-order valence-electron chi connectivity index (χ0n) is 7.77. The Morgan fingerprint density at radius 3 is 2.36 bits per heavy atom. The molecule has 0 atom stereocenters. The summed E-state index contributed by atoms with van der Waals surface area (Å²) < 4.78 is 0. The van der Waals surface area contributed by atoms with Crippen LogP contribution in [0.15, 0.2) is 11.8 Å². The van der Waals surface area contributed by atoms with Crippen molar-refractivity contribution in [3.8, 4) is 0 Å². The minimum atomic E-state index is 0.459. The second-order valence-electron chi connectivity index (χ2n) is 3.05. The van der Waals surface area contributed by atoms with Crippen LogP contribution in [0.1, 0.15) is 52.4 Å². The highest BCUT2D eigenvalue weighted by molar-refractivity contribution is 4.84. The maximum atomic E-state index is 8.82. The molecule has 0 aromatic rings. The first-order valence-electron chi connectivity index (χ1n) is 4.63. The lowest BCUT2D eigenvalue weighted by Gasteiger charge is -1.96. The van der Waals surface area contributed by atoms with E-state index in [1.54, 1.807) is 6.92 Å². The van der Waals surface area contributed by atoms with Gasteiger partial charge in [-0.15, -0.1) is 0 Å². The maximum absolute atomic E-state index is 8.82. The van der Waals surface area contributed by atoms with E-state index in [0.717, 1.165) is 6.42 Å². The molecule has 11 heavy (non-hydrogen) atoms. The van der Waals surface area contributed by atoms with Crippen molar-refractivity contribution in [2.24, 2.45) is 0 Å². The van der Waals surface area contributed by atoms with Crippen molar-refractivity contribution >= 4 is 0 Å². The van der Waals surface area contributed by atoms with Crippen molar-refractivity contribution in [1.82, 2.24) is 0 Å². The Kier molecular flexibility index (Phi) is 7.33. The molecule has 0 unspecified atom stereocenters. The van der Waals surface area contributed by atoms with Crippen LogP contribution in [0, 0.1) is 0 Å². The number of unbranched alkanes of at least 4 members (excludes halogenated alkanes) is 5. The summed E-state index contributed by atoms with van der Waals surface area (Å²) in [5.41, 5.74) is 0. The van der Waals surface area contributed by atoms with E-state index in [1.165, 1.54) is 32.1 Å². The molecular weight excluding hydrogens is 136 g/mol. The van der Waals surface area contributed by atoms with Crippen molar-refractivity contribution in [2.45, 2.75) is 52.4 Å². The fourth-order valence-electron chi connectivity index (χ4n) is 1.06. The largest absolute Gasteiger partial charge is 0.513 e. The fraction of sp³-hybridized carbons (Fsp3) is 0.800. The number of allylic oxidation sites excluding steroid dienone is 2. The zero-order chi connectivity index (χ0) is 8.53. The van der Waals surface area contributed by atoms with E-state index in [9.17, 15) is 0 Å². The minimum absolute atomic E-state index is 0.459. The highest BCUT2D eigenvalue weighted by Crippen LogP contribution is 2.05. The van der Waals surface area contributed by atoms with Crippen molar-refractivity contribution in [3.05, 3.63) is 11.8 Å². The number of aliphatic hydroxyl groups excluding tert-OH is 1. The van der Waals surface area contributed by atoms with Gasteiger partial charge in [-0.3, -0.25) is 0 Å². The lowest BCUT2D eigenvalue weighted by molar-refractivity contribution is 0.410. The van der Waals surface area contributed by atoms with Crippen LogP contribution in [0.25, 0.3) is 0 Å². The SMILES string of the molecule is CCCCCCCC=C(C)O. The maximum Gasteiger partial charge on any atom is 0.0851 e. The monoisotopic (exact) mass is 156 g/mol. The molecule has 0 radical (unpaired) electrons. The normalized spacial score (nSPS) is 12.0. The summed E-state index contributed by atoms with van der Waals surface area (Å²) in [5, 5.41) is 8.82. The Labute approximate surface area is 70.1 Å². The predicted molar refractivity (Wildman–Crippen MR) is 49.8 cm³/mol. The first kappa shape index (κ1) is 10.5. The first-order valence-corrected chi connectivity index (χ1v) is 4.63. The number of hydrogen-bond acceptors (Lipinski definition) is 1. The molecule has 0 amide bonds. The molecular formula is C10H20O. The summed E-state index contributed by atoms with van der Waals surface area (Å²) in [6.07, 6.45) is 9.44. The number of rotatable bonds is 6. The minimum Gasteiger partial charge on any atom is -0.513 e. The standard InChI is InChI=1S/C10H20O/c1-3-4-5-6-7-8-9-10(2)11/h9,11H,3-8H2,1-2H3. The molecule has 0 aromatic carbocycles. The van der Waals surface area contributed by atoms with Gasteiger partial charge < -0.3 is 5.11 Å². The van der Waals surface area contributed by atoms with E-state index in [1.807, 2.05) is 6.08 Å². The Hall–Kier alpha value is -0.460. The van der Waals surface area contributed by atoms with E-state index >= 15 is 0 Å². The Bertz CT molecular complexity index is 101. The van der Waals surface area contributed by atoms with Crippen molar-refractivity contribution in [1.29, 1.82) is 0 Å². The van der Waals surface area contributed by atoms with Gasteiger partial charge in [0, 0.05) is 0 Å². The smallest absolute Gasteiger partial charge is 0.0851 e. The van der Waals surface area contributed by atoms with Crippen molar-refractivity contribution in [2.75, 3.05) is 0 Å². The first-order chi connectivity index (χ1) is 5.27. The molecule has 0 aliphatic heterocycles. The third kappa shape index (κ3) is 9.54. The third-order valence-electron chi connectivity index (χ3n) is 1.75. The molecule has 0 saturated heterocycles. The van der Waals surface area contributed by atoms with Crippen LogP contribution < -0.4 is 0 Å². The zero-order valence-corrected chi connectivity index (χ0v) is 7.77. The molecule has 0 aliphatic carbocycles. The summed E-state index contributed by atoms with van der Waals surface area (Å²) in [7, 11) is 0. The van der Waals surface area contributed by atoms with Gasteiger partial charge in [-0.1, -0.05) is 32.6 Å². The van der Waals surface area contributed by atoms with Gasteiger partial charge in [-0.25, -0.2) is 0 Å². The third-order valence-corrected chi connectivity index (χ3v) is 1.75. The van der Waals surface area contributed by atoms with Crippen molar-refractivity contribution < 1.29 is 5.11 Å². The quantitative estimate of drug-likeness (QED) is 0.458. The molecule has 0 aromatic heterocycles. The Morgan fingerprint density at radius 2 is 1.82 bits per heavy atom. The lowest BCUT2D eigenvalue weighted by Crippen LogP contribution is -1.77. The molecule has 0 spiro atoms. The van der Waals surface area contributed by atoms with Gasteiger partial charge in [0.2, 0.25) is 0 Å². The lowest BCUT2D eigenvalue weighted by atomic mass is 10.1. The molecule has 1 heteroatoms. The van der Waals surface area contributed by atoms with E-state index in [-0.39, 0.29) is 0 Å². The summed E-state index contributed by atoms with van der Waals surface area (Å²) in [6, 6.07) is 0. The molecule has 0 rings (SSSR count). The van der Waals surface area contributed by atoms with Gasteiger partial charge in [0.25, 0.3) is 0 Å². The molecule has 0 bridgehead atoms. The van der Waals surface area contributed by atoms with Crippen LogP contribution >= 0.6 is 0 Å². The fourth-order valence-corrected chi connectivity index (χ4v) is 1.06. The van der Waals surface area contributed by atoms with E-state index in [0.29, 0.717) is 5.76 Å². The van der Waals surface area contributed by atoms with Crippen LogP contribution in [0.3, 0.4) is 0 Å². The average Bonchev–Trinajstić information content (AvgIpc) is 1.96. The summed E-state index contributed by atoms with van der Waals surface area (Å²) in [4.78, 5) is 0. The molecule has 1 nitrogen and oxygen atoms in total. The Morgan fingerprint density at radius 1 is 1.18 bits per heavy atom. The van der Waals surface area contributed by atoms with Crippen LogP contribution in [0.5, 0.6) is 0 Å². The average molecular weight is 156 g/mol. The molecule has 66 valence electrons. The van der Waals surface area contributed by atoms with E-state index in [4.69, 9.17) is 5.11 Å². The topological polar surface area (TPSA) is 20.2 Å². The molecule has 0 saturated carbocycles. The van der Waals surface area contributed by atoms with E-state index in [2.05, 4.69) is 6.92 Å². The summed E-state index contributed by atoms with van der Waals surface area (Å²) >= 11 is 0. The van der Waals surface area contributed by atoms with Crippen LogP contribution in [-0.4, -0.2) is 5.11 Å². The van der Waals surface area contributed by atoms with Crippen LogP contribution in [0.4, 0.5) is 0 Å². The summed E-state index contributed by atoms with van der Waals surface area (Å²) in [5.74, 6) is 0.459. The van der Waals surface area contributed by atoms with Gasteiger partial charge in [-0.2, -0.15) is 0 Å². The molecule has 0 aliphatic rings. The second kappa shape index (κ2) is 7.64. The van der Waals surface area contributed by atoms with Gasteiger partial charge in [0.1, 0.15) is 0 Å². The van der Waals surface area contributed by atoms with Crippen molar-refractivity contribution in [3.63, 3.8) is 0 Å². The number of hydrogen-bond donors (Lipinski definition) is 1. The Balaban J connectivity index is 2.97. The highest BCUT2D eigenvalue weighted by atomic mass is 16.3. The molecule has 0 fully saturated rings. The van der Waals surface area contributed by atoms with Gasteiger partial charge in [0.05, 0.1) is 5.76 Å². The number of aliphatic hydroxyl groups is 1. The van der Waals surface area contributed by atoms with Gasteiger partial charge in [0.15, 0.2) is 0 Å². The predicted octanol–water partition coefficient (Wildman–Crippen LogP) is 3.81. The van der Waals surface area contributed by atoms with Crippen LogP contribution in [-0.2, 0) is 0 Å².